The topological polar surface area (TPSA) is 64.0 Å². The van der Waals surface area contributed by atoms with Gasteiger partial charge in [-0.3, -0.25) is 4.98 Å². The van der Waals surface area contributed by atoms with Crippen LogP contribution in [0.4, 0.5) is 4.39 Å². The first-order valence-corrected chi connectivity index (χ1v) is 11.1. The van der Waals surface area contributed by atoms with Gasteiger partial charge in [0.2, 0.25) is 10.0 Å². The lowest BCUT2D eigenvalue weighted by molar-refractivity contribution is 0.580. The zero-order valence-corrected chi connectivity index (χ0v) is 17.4. The van der Waals surface area contributed by atoms with E-state index in [0.717, 1.165) is 40.6 Å². The Morgan fingerprint density at radius 3 is 2.60 bits per heavy atom. The minimum Gasteiger partial charge on any atom is -0.350 e. The first-order valence-electron chi connectivity index (χ1n) is 9.63. The number of rotatable bonds is 7. The number of hydrogen-bond donors (Lipinski definition) is 1. The number of nitrogens with zero attached hydrogens (tertiary/aromatic N) is 2. The fourth-order valence-corrected chi connectivity index (χ4v) is 4.60. The van der Waals surface area contributed by atoms with Crippen LogP contribution in [0.15, 0.2) is 78.1 Å². The zero-order valence-electron chi connectivity index (χ0n) is 16.5. The highest BCUT2D eigenvalue weighted by Crippen LogP contribution is 2.24. The molecule has 30 heavy (non-hydrogen) atoms. The summed E-state index contributed by atoms with van der Waals surface area (Å²) in [6.07, 6.45) is 7.09. The Bertz CT molecular complexity index is 1270. The minimum absolute atomic E-state index is 0.0566. The summed E-state index contributed by atoms with van der Waals surface area (Å²) in [5.74, 6) is -0.466. The molecule has 0 saturated carbocycles. The number of aromatic nitrogens is 2. The summed E-state index contributed by atoms with van der Waals surface area (Å²) < 4.78 is 42.4. The molecule has 5 nitrogen and oxygen atoms in total. The van der Waals surface area contributed by atoms with Crippen molar-refractivity contribution >= 4 is 20.9 Å². The Balaban J connectivity index is 1.49. The molecule has 1 N–H and O–H groups in total. The van der Waals surface area contributed by atoms with Gasteiger partial charge in [0.15, 0.2) is 0 Å². The molecule has 154 valence electrons. The van der Waals surface area contributed by atoms with Crippen LogP contribution in [0, 0.1) is 5.82 Å². The van der Waals surface area contributed by atoms with Gasteiger partial charge in [-0.25, -0.2) is 17.5 Å². The second-order valence-electron chi connectivity index (χ2n) is 7.26. The third kappa shape index (κ3) is 4.42. The van der Waals surface area contributed by atoms with Crippen molar-refractivity contribution in [1.29, 1.82) is 0 Å². The number of aryl methyl sites for hydroxylation is 1. The van der Waals surface area contributed by atoms with E-state index in [1.54, 1.807) is 6.20 Å². The van der Waals surface area contributed by atoms with E-state index >= 15 is 0 Å². The molecule has 0 spiro atoms. The molecule has 0 fully saturated rings. The van der Waals surface area contributed by atoms with Crippen LogP contribution in [-0.4, -0.2) is 24.5 Å². The third-order valence-corrected chi connectivity index (χ3v) is 6.56. The fraction of sp³-hybridized carbons (Fsp3) is 0.174. The van der Waals surface area contributed by atoms with Gasteiger partial charge in [-0.15, -0.1) is 0 Å². The first-order chi connectivity index (χ1) is 14.4. The van der Waals surface area contributed by atoms with Gasteiger partial charge < -0.3 is 4.57 Å². The highest BCUT2D eigenvalue weighted by atomic mass is 32.2. The lowest BCUT2D eigenvalue weighted by Crippen LogP contribution is -2.26. The lowest BCUT2D eigenvalue weighted by Gasteiger charge is -2.08. The van der Waals surface area contributed by atoms with Gasteiger partial charge in [0, 0.05) is 49.5 Å². The molecule has 4 rings (SSSR count). The van der Waals surface area contributed by atoms with Crippen molar-refractivity contribution in [2.24, 2.45) is 7.05 Å². The van der Waals surface area contributed by atoms with Crippen molar-refractivity contribution in [1.82, 2.24) is 14.3 Å². The molecule has 2 aromatic heterocycles. The lowest BCUT2D eigenvalue weighted by atomic mass is 10.0. The van der Waals surface area contributed by atoms with E-state index in [1.165, 1.54) is 17.7 Å². The van der Waals surface area contributed by atoms with E-state index < -0.39 is 15.8 Å². The molecule has 0 aliphatic heterocycles. The van der Waals surface area contributed by atoms with E-state index in [4.69, 9.17) is 0 Å². The van der Waals surface area contributed by atoms with Crippen molar-refractivity contribution < 1.29 is 12.8 Å². The van der Waals surface area contributed by atoms with Crippen molar-refractivity contribution in [3.8, 4) is 0 Å². The molecule has 0 aliphatic rings. The molecular weight excluding hydrogens is 401 g/mol. The number of pyridine rings is 1. The van der Waals surface area contributed by atoms with Gasteiger partial charge in [-0.05, 0) is 65.6 Å². The normalized spacial score (nSPS) is 11.8. The van der Waals surface area contributed by atoms with Gasteiger partial charge >= 0.3 is 0 Å². The molecule has 0 saturated heterocycles. The SMILES string of the molecule is Cn1cc(Cc2cccnc2)c2cc(CCNS(=O)(=O)c3ccc(F)cc3)ccc21. The van der Waals surface area contributed by atoms with Crippen LogP contribution >= 0.6 is 0 Å². The molecule has 2 heterocycles. The number of halogens is 1. The fourth-order valence-electron chi connectivity index (χ4n) is 3.57. The predicted octanol–water partition coefficient (Wildman–Crippen LogP) is 3.82. The quantitative estimate of drug-likeness (QED) is 0.491. The minimum atomic E-state index is -3.66. The molecule has 0 unspecified atom stereocenters. The van der Waals surface area contributed by atoms with Gasteiger partial charge in [0.25, 0.3) is 0 Å². The first kappa shape index (κ1) is 20.3. The van der Waals surface area contributed by atoms with Crippen molar-refractivity contribution in [2.45, 2.75) is 17.7 Å². The Kier molecular flexibility index (Phi) is 5.65. The van der Waals surface area contributed by atoms with Crippen molar-refractivity contribution in [3.63, 3.8) is 0 Å². The van der Waals surface area contributed by atoms with Crippen molar-refractivity contribution in [2.75, 3.05) is 6.54 Å². The molecule has 0 aliphatic carbocycles. The number of sulfonamides is 1. The monoisotopic (exact) mass is 423 g/mol. The summed E-state index contributed by atoms with van der Waals surface area (Å²) in [5, 5.41) is 1.15. The Hall–Kier alpha value is -3.03. The summed E-state index contributed by atoms with van der Waals surface area (Å²) in [5.41, 5.74) is 4.52. The van der Waals surface area contributed by atoms with Crippen LogP contribution in [0.3, 0.4) is 0 Å². The van der Waals surface area contributed by atoms with E-state index in [-0.39, 0.29) is 11.4 Å². The van der Waals surface area contributed by atoms with E-state index in [0.29, 0.717) is 6.42 Å². The summed E-state index contributed by atoms with van der Waals surface area (Å²) in [4.78, 5) is 4.24. The third-order valence-electron chi connectivity index (χ3n) is 5.08. The van der Waals surface area contributed by atoms with Crippen LogP contribution < -0.4 is 4.72 Å². The molecular formula is C23H22FN3O2S. The second kappa shape index (κ2) is 8.38. The average molecular weight is 424 g/mol. The highest BCUT2D eigenvalue weighted by Gasteiger charge is 2.14. The van der Waals surface area contributed by atoms with Gasteiger partial charge in [0.05, 0.1) is 4.90 Å². The Labute approximate surface area is 175 Å². The number of nitrogens with one attached hydrogen (secondary N) is 1. The van der Waals surface area contributed by atoms with Crippen LogP contribution in [0.1, 0.15) is 16.7 Å². The summed E-state index contributed by atoms with van der Waals surface area (Å²) in [6, 6.07) is 15.0. The zero-order chi connectivity index (χ0) is 21.1. The van der Waals surface area contributed by atoms with E-state index in [1.807, 2.05) is 25.4 Å². The van der Waals surface area contributed by atoms with Gasteiger partial charge in [-0.1, -0.05) is 12.1 Å². The van der Waals surface area contributed by atoms with Crippen LogP contribution in [0.2, 0.25) is 0 Å². The van der Waals surface area contributed by atoms with Crippen molar-refractivity contribution in [3.05, 3.63) is 95.7 Å². The maximum absolute atomic E-state index is 13.0. The maximum atomic E-state index is 13.0. The number of fused-ring (bicyclic) bond motifs is 1. The summed E-state index contributed by atoms with van der Waals surface area (Å²) >= 11 is 0. The van der Waals surface area contributed by atoms with E-state index in [2.05, 4.69) is 38.7 Å². The predicted molar refractivity (Wildman–Crippen MR) is 115 cm³/mol. The molecule has 7 heteroatoms. The smallest absolute Gasteiger partial charge is 0.240 e. The molecule has 0 atom stereocenters. The number of hydrogen-bond acceptors (Lipinski definition) is 3. The second-order valence-corrected chi connectivity index (χ2v) is 9.02. The van der Waals surface area contributed by atoms with Crippen LogP contribution in [0.25, 0.3) is 10.9 Å². The highest BCUT2D eigenvalue weighted by molar-refractivity contribution is 7.89. The molecule has 4 aromatic rings. The van der Waals surface area contributed by atoms with Crippen LogP contribution in [-0.2, 0) is 29.9 Å². The molecule has 0 amide bonds. The Morgan fingerprint density at radius 1 is 1.07 bits per heavy atom. The summed E-state index contributed by atoms with van der Waals surface area (Å²) in [6.45, 7) is 0.260. The molecule has 0 radical (unpaired) electrons. The molecule has 0 bridgehead atoms. The van der Waals surface area contributed by atoms with Gasteiger partial charge in [-0.2, -0.15) is 0 Å². The standard InChI is InChI=1S/C23H22FN3O2S/c1-27-16-19(13-18-3-2-11-25-15-18)22-14-17(4-9-23(22)27)10-12-26-30(28,29)21-7-5-20(24)6-8-21/h2-9,11,14-16,26H,10,12-13H2,1H3. The van der Waals surface area contributed by atoms with E-state index in [9.17, 15) is 12.8 Å². The Morgan fingerprint density at radius 2 is 1.87 bits per heavy atom. The molecule has 2 aromatic carbocycles. The largest absolute Gasteiger partial charge is 0.350 e. The number of benzene rings is 2. The van der Waals surface area contributed by atoms with Gasteiger partial charge in [0.1, 0.15) is 5.82 Å². The van der Waals surface area contributed by atoms with Crippen LogP contribution in [0.5, 0.6) is 0 Å². The average Bonchev–Trinajstić information content (AvgIpc) is 3.04. The maximum Gasteiger partial charge on any atom is 0.240 e. The summed E-state index contributed by atoms with van der Waals surface area (Å²) in [7, 11) is -1.64.